The molecule has 0 amide bonds. The van der Waals surface area contributed by atoms with E-state index in [1.807, 2.05) is 6.92 Å². The fourth-order valence-corrected chi connectivity index (χ4v) is 3.66. The second kappa shape index (κ2) is 7.45. The van der Waals surface area contributed by atoms with E-state index in [9.17, 15) is 14.3 Å². The Morgan fingerprint density at radius 2 is 2.12 bits per heavy atom. The lowest BCUT2D eigenvalue weighted by Crippen LogP contribution is -2.43. The number of hydrogen-bond donors (Lipinski definition) is 3. The van der Waals surface area contributed by atoms with Crippen LogP contribution in [0.1, 0.15) is 43.5 Å². The van der Waals surface area contributed by atoms with Gasteiger partial charge in [0.15, 0.2) is 0 Å². The highest BCUT2D eigenvalue weighted by Gasteiger charge is 2.42. The van der Waals surface area contributed by atoms with Crippen molar-refractivity contribution in [1.82, 2.24) is 15.5 Å². The molecule has 5 nitrogen and oxygen atoms in total. The molecule has 1 fully saturated rings. The zero-order chi connectivity index (χ0) is 17.9. The minimum atomic E-state index is -0.388. The number of benzene rings is 1. The van der Waals surface area contributed by atoms with Crippen molar-refractivity contribution in [3.63, 3.8) is 0 Å². The van der Waals surface area contributed by atoms with Gasteiger partial charge >= 0.3 is 0 Å². The molecule has 134 valence electrons. The summed E-state index contributed by atoms with van der Waals surface area (Å²) < 4.78 is 13.1. The maximum absolute atomic E-state index is 13.1. The maximum atomic E-state index is 13.1. The Bertz CT molecular complexity index is 742. The molecule has 1 aromatic heterocycles. The first kappa shape index (κ1) is 17.8. The van der Waals surface area contributed by atoms with Gasteiger partial charge in [0.25, 0.3) is 5.56 Å². The predicted molar refractivity (Wildman–Crippen MR) is 93.7 cm³/mol. The minimum absolute atomic E-state index is 0.0465. The smallest absolute Gasteiger partial charge is 0.264 e. The van der Waals surface area contributed by atoms with Gasteiger partial charge in [0.2, 0.25) is 0 Å². The molecule has 6 heteroatoms. The zero-order valence-corrected chi connectivity index (χ0v) is 14.3. The van der Waals surface area contributed by atoms with Crippen molar-refractivity contribution in [3.05, 3.63) is 63.8 Å². The average molecular weight is 345 g/mol. The Labute approximate surface area is 146 Å². The zero-order valence-electron chi connectivity index (χ0n) is 14.3. The molecule has 3 unspecified atom stereocenters. The van der Waals surface area contributed by atoms with Crippen molar-refractivity contribution in [1.29, 1.82) is 0 Å². The first-order valence-corrected chi connectivity index (χ1v) is 8.70. The molecule has 0 aliphatic heterocycles. The van der Waals surface area contributed by atoms with E-state index >= 15 is 0 Å². The molecule has 0 radical (unpaired) electrons. The van der Waals surface area contributed by atoms with E-state index in [1.165, 1.54) is 18.2 Å². The molecular formula is C19H24FN3O2. The third-order valence-electron chi connectivity index (χ3n) is 5.23. The van der Waals surface area contributed by atoms with E-state index in [1.54, 1.807) is 18.2 Å². The molecule has 0 saturated heterocycles. The van der Waals surface area contributed by atoms with E-state index in [0.29, 0.717) is 13.0 Å². The highest BCUT2D eigenvalue weighted by atomic mass is 19.1. The van der Waals surface area contributed by atoms with Crippen molar-refractivity contribution in [2.45, 2.75) is 44.8 Å². The highest BCUT2D eigenvalue weighted by molar-refractivity contribution is 5.19. The quantitative estimate of drug-likeness (QED) is 0.751. The molecule has 0 spiro atoms. The summed E-state index contributed by atoms with van der Waals surface area (Å²) in [7, 11) is 0. The monoisotopic (exact) mass is 345 g/mol. The Hall–Kier alpha value is -2.05. The Morgan fingerprint density at radius 1 is 1.36 bits per heavy atom. The van der Waals surface area contributed by atoms with Crippen LogP contribution >= 0.6 is 0 Å². The van der Waals surface area contributed by atoms with Gasteiger partial charge in [-0.05, 0) is 49.9 Å². The van der Waals surface area contributed by atoms with Gasteiger partial charge in [-0.3, -0.25) is 4.79 Å². The second-order valence-corrected chi connectivity index (χ2v) is 7.02. The summed E-state index contributed by atoms with van der Waals surface area (Å²) in [5, 5.41) is 20.5. The van der Waals surface area contributed by atoms with Crippen molar-refractivity contribution in [2.75, 3.05) is 6.54 Å². The Morgan fingerprint density at radius 3 is 2.72 bits per heavy atom. The lowest BCUT2D eigenvalue weighted by atomic mass is 9.78. The predicted octanol–water partition coefficient (Wildman–Crippen LogP) is 2.33. The van der Waals surface area contributed by atoms with Crippen LogP contribution in [0.15, 0.2) is 41.2 Å². The molecule has 3 rings (SSSR count). The van der Waals surface area contributed by atoms with Crippen molar-refractivity contribution < 1.29 is 9.50 Å². The second-order valence-electron chi connectivity index (χ2n) is 7.02. The number of rotatable bonds is 6. The van der Waals surface area contributed by atoms with Crippen LogP contribution in [0, 0.1) is 11.2 Å². The number of aromatic nitrogens is 2. The average Bonchev–Trinajstić information content (AvgIpc) is 2.96. The van der Waals surface area contributed by atoms with Crippen LogP contribution in [0.4, 0.5) is 4.39 Å². The molecule has 0 bridgehead atoms. The van der Waals surface area contributed by atoms with Crippen LogP contribution in [0.25, 0.3) is 0 Å². The highest BCUT2D eigenvalue weighted by Crippen LogP contribution is 2.41. The maximum Gasteiger partial charge on any atom is 0.264 e. The Balaban J connectivity index is 1.71. The topological polar surface area (TPSA) is 78.0 Å². The molecule has 1 heterocycles. The van der Waals surface area contributed by atoms with Crippen LogP contribution < -0.4 is 10.9 Å². The van der Waals surface area contributed by atoms with Gasteiger partial charge < -0.3 is 10.4 Å². The number of hydrogen-bond acceptors (Lipinski definition) is 4. The van der Waals surface area contributed by atoms with E-state index in [0.717, 1.165) is 30.5 Å². The third kappa shape index (κ3) is 4.14. The lowest BCUT2D eigenvalue weighted by Gasteiger charge is -2.34. The largest absolute Gasteiger partial charge is 0.392 e. The van der Waals surface area contributed by atoms with E-state index < -0.39 is 0 Å². The van der Waals surface area contributed by atoms with Crippen LogP contribution in [-0.2, 0) is 6.42 Å². The van der Waals surface area contributed by atoms with E-state index in [4.69, 9.17) is 0 Å². The number of H-pyrrole nitrogens is 1. The fraction of sp³-hybridized carbons (Fsp3) is 0.474. The summed E-state index contributed by atoms with van der Waals surface area (Å²) in [6.45, 7) is 2.61. The van der Waals surface area contributed by atoms with Gasteiger partial charge in [-0.2, -0.15) is 5.10 Å². The number of aliphatic hydroxyl groups excluding tert-OH is 1. The van der Waals surface area contributed by atoms with Crippen molar-refractivity contribution in [2.24, 2.45) is 5.41 Å². The van der Waals surface area contributed by atoms with Crippen LogP contribution in [0.3, 0.4) is 0 Å². The van der Waals surface area contributed by atoms with E-state index in [2.05, 4.69) is 15.5 Å². The molecular weight excluding hydrogens is 321 g/mol. The molecule has 3 atom stereocenters. The third-order valence-corrected chi connectivity index (χ3v) is 5.23. The first-order chi connectivity index (χ1) is 12.0. The number of aliphatic hydroxyl groups is 1. The van der Waals surface area contributed by atoms with Crippen LogP contribution in [0.2, 0.25) is 0 Å². The van der Waals surface area contributed by atoms with Gasteiger partial charge in [-0.15, -0.1) is 0 Å². The van der Waals surface area contributed by atoms with Gasteiger partial charge in [0, 0.05) is 24.1 Å². The number of aromatic amines is 1. The van der Waals surface area contributed by atoms with Crippen molar-refractivity contribution >= 4 is 0 Å². The summed E-state index contributed by atoms with van der Waals surface area (Å²) in [6.07, 6.45) is 3.00. The molecule has 1 aliphatic carbocycles. The van der Waals surface area contributed by atoms with Crippen LogP contribution in [-0.4, -0.2) is 28.0 Å². The Kier molecular flexibility index (Phi) is 5.30. The number of nitrogens with zero attached hydrogens (tertiary/aromatic N) is 1. The summed E-state index contributed by atoms with van der Waals surface area (Å²) >= 11 is 0. The van der Waals surface area contributed by atoms with Crippen molar-refractivity contribution in [3.8, 4) is 0 Å². The first-order valence-electron chi connectivity index (χ1n) is 8.70. The molecule has 3 N–H and O–H groups in total. The van der Waals surface area contributed by atoms with Gasteiger partial charge in [0.05, 0.1) is 11.8 Å². The van der Waals surface area contributed by atoms with Crippen LogP contribution in [0.5, 0.6) is 0 Å². The fourth-order valence-electron chi connectivity index (χ4n) is 3.66. The SMILES string of the molecule is CC(NCC1(Cc2ccc(F)cc2)CCCC1O)c1ccc(=O)[nH]n1. The van der Waals surface area contributed by atoms with E-state index in [-0.39, 0.29) is 28.9 Å². The number of halogens is 1. The standard InChI is InChI=1S/C19H24FN3O2/c1-13(16-8-9-18(25)23-22-16)21-12-19(10-2-3-17(19)24)11-14-4-6-15(20)7-5-14/h4-9,13,17,21,24H,2-3,10-12H2,1H3,(H,23,25). The molecule has 1 saturated carbocycles. The molecule has 1 aliphatic rings. The van der Waals surface area contributed by atoms with Gasteiger partial charge in [-0.25, -0.2) is 9.49 Å². The van der Waals surface area contributed by atoms with Gasteiger partial charge in [-0.1, -0.05) is 18.6 Å². The normalized spacial score (nSPS) is 24.4. The summed E-state index contributed by atoms with van der Waals surface area (Å²) in [5.41, 5.74) is 1.28. The van der Waals surface area contributed by atoms with Gasteiger partial charge in [0.1, 0.15) is 5.82 Å². The summed E-state index contributed by atoms with van der Waals surface area (Å²) in [6, 6.07) is 9.61. The molecule has 1 aromatic carbocycles. The lowest BCUT2D eigenvalue weighted by molar-refractivity contribution is 0.0502. The minimum Gasteiger partial charge on any atom is -0.392 e. The molecule has 2 aromatic rings. The summed E-state index contributed by atoms with van der Waals surface area (Å²) in [4.78, 5) is 11.1. The molecule has 25 heavy (non-hydrogen) atoms. The number of nitrogens with one attached hydrogen (secondary N) is 2. The summed E-state index contributed by atoms with van der Waals surface area (Å²) in [5.74, 6) is -0.249.